The summed E-state index contributed by atoms with van der Waals surface area (Å²) in [6.45, 7) is 9.07. The maximum absolute atomic E-state index is 10.3. The van der Waals surface area contributed by atoms with Crippen LogP contribution in [0.2, 0.25) is 0 Å². The summed E-state index contributed by atoms with van der Waals surface area (Å²) in [5.41, 5.74) is 6.70. The normalized spacial score (nSPS) is 15.2. The van der Waals surface area contributed by atoms with Crippen molar-refractivity contribution in [3.8, 4) is 0 Å². The molecular formula is C15H29N3O. The molecule has 3 N–H and O–H groups in total. The average Bonchev–Trinajstić information content (AvgIpc) is 2.79. The van der Waals surface area contributed by atoms with Crippen LogP contribution in [0.25, 0.3) is 0 Å². The molecule has 1 heterocycles. The van der Waals surface area contributed by atoms with E-state index < -0.39 is 6.10 Å². The molecule has 0 radical (unpaired) electrons. The lowest BCUT2D eigenvalue weighted by Gasteiger charge is -2.24. The van der Waals surface area contributed by atoms with E-state index in [0.717, 1.165) is 18.5 Å². The number of aromatic nitrogens is 2. The van der Waals surface area contributed by atoms with Crippen molar-refractivity contribution < 1.29 is 5.11 Å². The molecule has 19 heavy (non-hydrogen) atoms. The van der Waals surface area contributed by atoms with Crippen molar-refractivity contribution in [2.45, 2.75) is 59.1 Å². The van der Waals surface area contributed by atoms with Gasteiger partial charge in [-0.15, -0.1) is 0 Å². The summed E-state index contributed by atoms with van der Waals surface area (Å²) in [5.74, 6) is 0.527. The third-order valence-electron chi connectivity index (χ3n) is 4.02. The Morgan fingerprint density at radius 2 is 1.95 bits per heavy atom. The van der Waals surface area contributed by atoms with Crippen molar-refractivity contribution in [1.29, 1.82) is 0 Å². The SMILES string of the molecule is CCC(CC)n1ccc(CC(O)C(CN)C(C)C)n1. The van der Waals surface area contributed by atoms with Gasteiger partial charge in [0.25, 0.3) is 0 Å². The van der Waals surface area contributed by atoms with Gasteiger partial charge in [-0.1, -0.05) is 27.7 Å². The fraction of sp³-hybridized carbons (Fsp3) is 0.800. The quantitative estimate of drug-likeness (QED) is 0.760. The van der Waals surface area contributed by atoms with E-state index >= 15 is 0 Å². The van der Waals surface area contributed by atoms with E-state index in [9.17, 15) is 5.11 Å². The summed E-state index contributed by atoms with van der Waals surface area (Å²) in [4.78, 5) is 0. The second kappa shape index (κ2) is 7.65. The Hall–Kier alpha value is -0.870. The number of hydrogen-bond acceptors (Lipinski definition) is 3. The first-order chi connectivity index (χ1) is 9.03. The molecule has 0 saturated heterocycles. The van der Waals surface area contributed by atoms with Crippen LogP contribution in [-0.2, 0) is 6.42 Å². The topological polar surface area (TPSA) is 64.1 Å². The Bertz CT molecular complexity index is 358. The van der Waals surface area contributed by atoms with Gasteiger partial charge in [-0.2, -0.15) is 5.10 Å². The number of nitrogens with two attached hydrogens (primary N) is 1. The first-order valence-corrected chi connectivity index (χ1v) is 7.45. The van der Waals surface area contributed by atoms with Gasteiger partial charge < -0.3 is 10.8 Å². The molecule has 4 heteroatoms. The van der Waals surface area contributed by atoms with Crippen molar-refractivity contribution in [1.82, 2.24) is 9.78 Å². The van der Waals surface area contributed by atoms with E-state index in [1.807, 2.05) is 16.9 Å². The third-order valence-corrected chi connectivity index (χ3v) is 4.02. The molecular weight excluding hydrogens is 238 g/mol. The van der Waals surface area contributed by atoms with E-state index in [4.69, 9.17) is 5.73 Å². The lowest BCUT2D eigenvalue weighted by atomic mass is 9.88. The Balaban J connectivity index is 2.67. The van der Waals surface area contributed by atoms with Crippen molar-refractivity contribution in [3.05, 3.63) is 18.0 Å². The standard InChI is InChI=1S/C15H29N3O/c1-5-13(6-2)18-8-7-12(17-18)9-15(19)14(10-16)11(3)4/h7-8,11,13-15,19H,5-6,9-10,16H2,1-4H3. The second-order valence-corrected chi connectivity index (χ2v) is 5.67. The zero-order valence-corrected chi connectivity index (χ0v) is 12.7. The fourth-order valence-electron chi connectivity index (χ4n) is 2.59. The van der Waals surface area contributed by atoms with Gasteiger partial charge in [0, 0.05) is 12.6 Å². The number of aliphatic hydroxyl groups is 1. The van der Waals surface area contributed by atoms with Crippen LogP contribution in [0.3, 0.4) is 0 Å². The molecule has 110 valence electrons. The van der Waals surface area contributed by atoms with Crippen molar-refractivity contribution in [3.63, 3.8) is 0 Å². The van der Waals surface area contributed by atoms with Crippen LogP contribution in [0.5, 0.6) is 0 Å². The fourth-order valence-corrected chi connectivity index (χ4v) is 2.59. The highest BCUT2D eigenvalue weighted by atomic mass is 16.3. The first-order valence-electron chi connectivity index (χ1n) is 7.45. The summed E-state index contributed by atoms with van der Waals surface area (Å²) in [5, 5.41) is 14.8. The molecule has 0 spiro atoms. The maximum atomic E-state index is 10.3. The van der Waals surface area contributed by atoms with Gasteiger partial charge in [0.2, 0.25) is 0 Å². The molecule has 0 aromatic carbocycles. The molecule has 2 unspecified atom stereocenters. The average molecular weight is 267 g/mol. The zero-order valence-electron chi connectivity index (χ0n) is 12.7. The molecule has 0 aliphatic carbocycles. The zero-order chi connectivity index (χ0) is 14.4. The number of hydrogen-bond donors (Lipinski definition) is 2. The van der Waals surface area contributed by atoms with Gasteiger partial charge in [0.1, 0.15) is 0 Å². The maximum Gasteiger partial charge on any atom is 0.0650 e. The van der Waals surface area contributed by atoms with Crippen molar-refractivity contribution >= 4 is 0 Å². The highest BCUT2D eigenvalue weighted by Gasteiger charge is 2.22. The van der Waals surface area contributed by atoms with Crippen LogP contribution in [0, 0.1) is 11.8 Å². The van der Waals surface area contributed by atoms with Crippen molar-refractivity contribution in [2.24, 2.45) is 17.6 Å². The van der Waals surface area contributed by atoms with Gasteiger partial charge in [0.05, 0.1) is 17.8 Å². The van der Waals surface area contributed by atoms with E-state index in [-0.39, 0.29) is 5.92 Å². The predicted molar refractivity (Wildman–Crippen MR) is 78.9 cm³/mol. The van der Waals surface area contributed by atoms with Gasteiger partial charge in [0.15, 0.2) is 0 Å². The Kier molecular flexibility index (Phi) is 6.52. The van der Waals surface area contributed by atoms with Crippen LogP contribution >= 0.6 is 0 Å². The minimum atomic E-state index is -0.407. The molecule has 0 fully saturated rings. The predicted octanol–water partition coefficient (Wildman–Crippen LogP) is 2.38. The third kappa shape index (κ3) is 4.32. The van der Waals surface area contributed by atoms with E-state index in [1.54, 1.807) is 0 Å². The molecule has 0 saturated carbocycles. The van der Waals surface area contributed by atoms with E-state index in [1.165, 1.54) is 0 Å². The van der Waals surface area contributed by atoms with Crippen LogP contribution in [0.15, 0.2) is 12.3 Å². The Morgan fingerprint density at radius 3 is 2.42 bits per heavy atom. The van der Waals surface area contributed by atoms with E-state index in [2.05, 4.69) is 32.8 Å². The summed E-state index contributed by atoms with van der Waals surface area (Å²) in [7, 11) is 0. The van der Waals surface area contributed by atoms with Crippen LogP contribution in [0.1, 0.15) is 52.3 Å². The van der Waals surface area contributed by atoms with E-state index in [0.29, 0.717) is 24.9 Å². The molecule has 0 amide bonds. The summed E-state index contributed by atoms with van der Waals surface area (Å²) in [6, 6.07) is 2.47. The lowest BCUT2D eigenvalue weighted by molar-refractivity contribution is 0.0853. The highest BCUT2D eigenvalue weighted by Crippen LogP contribution is 2.19. The van der Waals surface area contributed by atoms with Gasteiger partial charge >= 0.3 is 0 Å². The molecule has 1 aromatic heterocycles. The first kappa shape index (κ1) is 16.2. The lowest BCUT2D eigenvalue weighted by Crippen LogP contribution is -2.33. The minimum Gasteiger partial charge on any atom is -0.392 e. The molecule has 1 rings (SSSR count). The number of rotatable bonds is 8. The summed E-state index contributed by atoms with van der Waals surface area (Å²) < 4.78 is 2.02. The molecule has 1 aromatic rings. The van der Waals surface area contributed by atoms with Gasteiger partial charge in [-0.05, 0) is 37.3 Å². The van der Waals surface area contributed by atoms with Crippen LogP contribution in [0.4, 0.5) is 0 Å². The summed E-state index contributed by atoms with van der Waals surface area (Å²) in [6.07, 6.45) is 4.37. The van der Waals surface area contributed by atoms with Crippen LogP contribution < -0.4 is 5.73 Å². The molecule has 2 atom stereocenters. The smallest absolute Gasteiger partial charge is 0.0650 e. The molecule has 0 bridgehead atoms. The number of nitrogens with zero attached hydrogens (tertiary/aromatic N) is 2. The molecule has 4 nitrogen and oxygen atoms in total. The van der Waals surface area contributed by atoms with Crippen LogP contribution in [-0.4, -0.2) is 27.5 Å². The van der Waals surface area contributed by atoms with Crippen molar-refractivity contribution in [2.75, 3.05) is 6.54 Å². The molecule has 0 aliphatic rings. The minimum absolute atomic E-state index is 0.137. The Labute approximate surface area is 117 Å². The van der Waals surface area contributed by atoms with Gasteiger partial charge in [-0.3, -0.25) is 4.68 Å². The van der Waals surface area contributed by atoms with Gasteiger partial charge in [-0.25, -0.2) is 0 Å². The highest BCUT2D eigenvalue weighted by molar-refractivity contribution is 5.02. The Morgan fingerprint density at radius 1 is 1.32 bits per heavy atom. The summed E-state index contributed by atoms with van der Waals surface area (Å²) >= 11 is 0. The molecule has 0 aliphatic heterocycles. The second-order valence-electron chi connectivity index (χ2n) is 5.67. The monoisotopic (exact) mass is 267 g/mol. The largest absolute Gasteiger partial charge is 0.392 e. The number of aliphatic hydroxyl groups excluding tert-OH is 1.